The van der Waals surface area contributed by atoms with Crippen LogP contribution in [0.5, 0.6) is 0 Å². The van der Waals surface area contributed by atoms with E-state index in [1.165, 1.54) is 55.8 Å². The molecule has 0 aromatic heterocycles. The maximum absolute atomic E-state index is 6.30. The molecule has 2 rings (SSSR count). The summed E-state index contributed by atoms with van der Waals surface area (Å²) in [4.78, 5) is 0. The van der Waals surface area contributed by atoms with E-state index in [-0.39, 0.29) is 5.60 Å². The van der Waals surface area contributed by atoms with Crippen LogP contribution < -0.4 is 0 Å². The van der Waals surface area contributed by atoms with Crippen LogP contribution in [0.4, 0.5) is 0 Å². The van der Waals surface area contributed by atoms with E-state index in [9.17, 15) is 0 Å². The van der Waals surface area contributed by atoms with Gasteiger partial charge in [-0.2, -0.15) is 0 Å². The SMILES string of the molecule is ICC1(OC2CCCC2)CCCC1. The summed E-state index contributed by atoms with van der Waals surface area (Å²) in [5, 5.41) is 0. The second-order valence-corrected chi connectivity index (χ2v) is 5.31. The first-order valence-corrected chi connectivity index (χ1v) is 7.11. The summed E-state index contributed by atoms with van der Waals surface area (Å²) in [5.41, 5.74) is 0.287. The normalized spacial score (nSPS) is 28.4. The van der Waals surface area contributed by atoms with Gasteiger partial charge in [-0.1, -0.05) is 48.3 Å². The Kier molecular flexibility index (Phi) is 3.52. The fraction of sp³-hybridized carbons (Fsp3) is 1.00. The van der Waals surface area contributed by atoms with Gasteiger partial charge in [0.1, 0.15) is 0 Å². The van der Waals surface area contributed by atoms with Gasteiger partial charge in [0.05, 0.1) is 11.7 Å². The standard InChI is InChI=1S/C11H19IO/c12-9-11(7-3-4-8-11)13-10-5-1-2-6-10/h10H,1-9H2. The molecule has 1 nitrogen and oxygen atoms in total. The minimum atomic E-state index is 0.287. The molecule has 2 heteroatoms. The Hall–Kier alpha value is 0.690. The van der Waals surface area contributed by atoms with E-state index >= 15 is 0 Å². The number of alkyl halides is 1. The summed E-state index contributed by atoms with van der Waals surface area (Å²) in [6.45, 7) is 0. The lowest BCUT2D eigenvalue weighted by Gasteiger charge is -2.30. The van der Waals surface area contributed by atoms with E-state index in [0.717, 1.165) is 0 Å². The Morgan fingerprint density at radius 1 is 1.08 bits per heavy atom. The maximum atomic E-state index is 6.30. The predicted octanol–water partition coefficient (Wildman–Crippen LogP) is 3.69. The molecule has 76 valence electrons. The molecule has 0 atom stereocenters. The zero-order valence-corrected chi connectivity index (χ0v) is 10.4. The molecule has 0 heterocycles. The van der Waals surface area contributed by atoms with Gasteiger partial charge < -0.3 is 4.74 Å². The molecule has 2 aliphatic rings. The molecule has 0 bridgehead atoms. The van der Waals surface area contributed by atoms with Crippen LogP contribution in [0.15, 0.2) is 0 Å². The number of rotatable bonds is 3. The third kappa shape index (κ3) is 2.38. The minimum absolute atomic E-state index is 0.287. The van der Waals surface area contributed by atoms with Crippen molar-refractivity contribution < 1.29 is 4.74 Å². The van der Waals surface area contributed by atoms with Crippen molar-refractivity contribution in [3.05, 3.63) is 0 Å². The lowest BCUT2D eigenvalue weighted by molar-refractivity contribution is -0.0699. The van der Waals surface area contributed by atoms with Crippen LogP contribution in [0.3, 0.4) is 0 Å². The van der Waals surface area contributed by atoms with E-state index in [0.29, 0.717) is 6.10 Å². The molecule has 0 radical (unpaired) electrons. The highest BCUT2D eigenvalue weighted by Gasteiger charge is 2.36. The first-order valence-electron chi connectivity index (χ1n) is 5.58. The van der Waals surface area contributed by atoms with E-state index in [1.807, 2.05) is 0 Å². The number of hydrogen-bond donors (Lipinski definition) is 0. The third-order valence-electron chi connectivity index (χ3n) is 3.48. The third-order valence-corrected chi connectivity index (χ3v) is 4.87. The van der Waals surface area contributed by atoms with Crippen molar-refractivity contribution in [3.8, 4) is 0 Å². The van der Waals surface area contributed by atoms with Gasteiger partial charge in [0.25, 0.3) is 0 Å². The smallest absolute Gasteiger partial charge is 0.0775 e. The number of ether oxygens (including phenoxy) is 1. The predicted molar refractivity (Wildman–Crippen MR) is 63.4 cm³/mol. The summed E-state index contributed by atoms with van der Waals surface area (Å²) in [5.74, 6) is 0. The summed E-state index contributed by atoms with van der Waals surface area (Å²) < 4.78 is 7.50. The van der Waals surface area contributed by atoms with Crippen molar-refractivity contribution in [2.45, 2.75) is 63.1 Å². The quantitative estimate of drug-likeness (QED) is 0.570. The molecule has 0 unspecified atom stereocenters. The summed E-state index contributed by atoms with van der Waals surface area (Å²) >= 11 is 2.50. The van der Waals surface area contributed by atoms with Crippen molar-refractivity contribution in [1.82, 2.24) is 0 Å². The Balaban J connectivity index is 1.88. The molecule has 0 amide bonds. The molecule has 0 N–H and O–H groups in total. The molecule has 2 saturated carbocycles. The van der Waals surface area contributed by atoms with Gasteiger partial charge in [0.15, 0.2) is 0 Å². The summed E-state index contributed by atoms with van der Waals surface area (Å²) in [6, 6.07) is 0. The second kappa shape index (κ2) is 4.47. The Bertz CT molecular complexity index is 157. The van der Waals surface area contributed by atoms with Crippen molar-refractivity contribution in [1.29, 1.82) is 0 Å². The maximum Gasteiger partial charge on any atom is 0.0775 e. The number of hydrogen-bond acceptors (Lipinski definition) is 1. The van der Waals surface area contributed by atoms with E-state index in [4.69, 9.17) is 4.74 Å². The average molecular weight is 294 g/mol. The van der Waals surface area contributed by atoms with Gasteiger partial charge in [0.2, 0.25) is 0 Å². The highest BCUT2D eigenvalue weighted by atomic mass is 127. The Morgan fingerprint density at radius 2 is 1.69 bits per heavy atom. The summed E-state index contributed by atoms with van der Waals surface area (Å²) in [6.07, 6.45) is 11.4. The minimum Gasteiger partial charge on any atom is -0.371 e. The largest absolute Gasteiger partial charge is 0.371 e. The topological polar surface area (TPSA) is 9.23 Å². The van der Waals surface area contributed by atoms with Gasteiger partial charge in [-0.15, -0.1) is 0 Å². The fourth-order valence-corrected chi connectivity index (χ4v) is 3.60. The number of halogens is 1. The van der Waals surface area contributed by atoms with E-state index in [1.54, 1.807) is 0 Å². The zero-order chi connectivity index (χ0) is 9.15. The van der Waals surface area contributed by atoms with Gasteiger partial charge >= 0.3 is 0 Å². The first-order chi connectivity index (χ1) is 6.35. The lowest BCUT2D eigenvalue weighted by atomic mass is 10.1. The molecular formula is C11H19IO. The highest BCUT2D eigenvalue weighted by molar-refractivity contribution is 14.1. The monoisotopic (exact) mass is 294 g/mol. The average Bonchev–Trinajstić information content (AvgIpc) is 2.77. The molecule has 0 aromatic carbocycles. The van der Waals surface area contributed by atoms with Gasteiger partial charge in [0, 0.05) is 4.43 Å². The van der Waals surface area contributed by atoms with Gasteiger partial charge in [-0.25, -0.2) is 0 Å². The second-order valence-electron chi connectivity index (χ2n) is 4.55. The van der Waals surface area contributed by atoms with Gasteiger partial charge in [-0.05, 0) is 25.7 Å². The molecule has 0 saturated heterocycles. The van der Waals surface area contributed by atoms with Crippen molar-refractivity contribution in [2.75, 3.05) is 4.43 Å². The van der Waals surface area contributed by atoms with E-state index in [2.05, 4.69) is 22.6 Å². The van der Waals surface area contributed by atoms with Crippen LogP contribution in [0.2, 0.25) is 0 Å². The van der Waals surface area contributed by atoms with Crippen molar-refractivity contribution in [2.24, 2.45) is 0 Å². The van der Waals surface area contributed by atoms with Crippen LogP contribution in [-0.4, -0.2) is 16.1 Å². The Labute approximate surface area is 94.8 Å². The van der Waals surface area contributed by atoms with Crippen LogP contribution in [0.25, 0.3) is 0 Å². The van der Waals surface area contributed by atoms with Gasteiger partial charge in [-0.3, -0.25) is 0 Å². The molecule has 0 spiro atoms. The lowest BCUT2D eigenvalue weighted by Crippen LogP contribution is -2.34. The van der Waals surface area contributed by atoms with E-state index < -0.39 is 0 Å². The Morgan fingerprint density at radius 3 is 2.23 bits per heavy atom. The molecule has 0 aliphatic heterocycles. The molecule has 0 aromatic rings. The van der Waals surface area contributed by atoms with Crippen LogP contribution in [0, 0.1) is 0 Å². The first kappa shape index (κ1) is 10.2. The highest BCUT2D eigenvalue weighted by Crippen LogP contribution is 2.38. The van der Waals surface area contributed by atoms with Crippen LogP contribution in [-0.2, 0) is 4.74 Å². The van der Waals surface area contributed by atoms with Crippen LogP contribution >= 0.6 is 22.6 Å². The zero-order valence-electron chi connectivity index (χ0n) is 8.23. The molecule has 2 aliphatic carbocycles. The van der Waals surface area contributed by atoms with Crippen LogP contribution in [0.1, 0.15) is 51.4 Å². The molecule has 2 fully saturated rings. The molecule has 13 heavy (non-hydrogen) atoms. The fourth-order valence-electron chi connectivity index (χ4n) is 2.66. The van der Waals surface area contributed by atoms with Crippen molar-refractivity contribution in [3.63, 3.8) is 0 Å². The van der Waals surface area contributed by atoms with Crippen molar-refractivity contribution >= 4 is 22.6 Å². The molecular weight excluding hydrogens is 275 g/mol. The summed E-state index contributed by atoms with van der Waals surface area (Å²) in [7, 11) is 0.